The molecule has 1 saturated heterocycles. The Hall–Kier alpha value is -2.09. The van der Waals surface area contributed by atoms with Crippen molar-refractivity contribution in [3.63, 3.8) is 0 Å². The molecular weight excluding hydrogens is 366 g/mol. The summed E-state index contributed by atoms with van der Waals surface area (Å²) in [5.41, 5.74) is 1.75. The monoisotopic (exact) mass is 385 g/mol. The molecule has 2 aromatic heterocycles. The van der Waals surface area contributed by atoms with Gasteiger partial charge in [0.25, 0.3) is 0 Å². The van der Waals surface area contributed by atoms with E-state index in [-0.39, 0.29) is 11.9 Å². The number of thioether (sulfide) groups is 1. The van der Waals surface area contributed by atoms with Gasteiger partial charge in [0.1, 0.15) is 11.7 Å². The summed E-state index contributed by atoms with van der Waals surface area (Å²) in [5, 5.41) is 5.48. The van der Waals surface area contributed by atoms with Crippen LogP contribution in [-0.4, -0.2) is 40.4 Å². The van der Waals surface area contributed by atoms with Gasteiger partial charge in [0.05, 0.1) is 6.26 Å². The Morgan fingerprint density at radius 1 is 1.15 bits per heavy atom. The SMILES string of the molecule is O=C(Nc1nc(-c2ccco2)cs1)[C@@H](c1ccccc1)N1CCSCC1. The summed E-state index contributed by atoms with van der Waals surface area (Å²) in [4.78, 5) is 19.8. The molecule has 3 aromatic rings. The van der Waals surface area contributed by atoms with Gasteiger partial charge in [0, 0.05) is 30.0 Å². The van der Waals surface area contributed by atoms with Crippen molar-refractivity contribution in [2.24, 2.45) is 0 Å². The Morgan fingerprint density at radius 3 is 2.69 bits per heavy atom. The van der Waals surface area contributed by atoms with Gasteiger partial charge < -0.3 is 9.73 Å². The van der Waals surface area contributed by atoms with Crippen LogP contribution in [0.25, 0.3) is 11.5 Å². The van der Waals surface area contributed by atoms with Crippen molar-refractivity contribution >= 4 is 34.1 Å². The number of rotatable bonds is 5. The fourth-order valence-electron chi connectivity index (χ4n) is 3.04. The van der Waals surface area contributed by atoms with Gasteiger partial charge in [-0.15, -0.1) is 11.3 Å². The number of nitrogens with zero attached hydrogens (tertiary/aromatic N) is 2. The molecule has 0 saturated carbocycles. The maximum atomic E-state index is 13.1. The maximum absolute atomic E-state index is 13.1. The summed E-state index contributed by atoms with van der Waals surface area (Å²) in [6, 6.07) is 13.4. The highest BCUT2D eigenvalue weighted by Crippen LogP contribution is 2.28. The number of anilines is 1. The third-order valence-corrected chi connectivity index (χ3v) is 5.98. The summed E-state index contributed by atoms with van der Waals surface area (Å²) in [7, 11) is 0. The first-order valence-corrected chi connectivity index (χ1v) is 10.5. The molecule has 0 radical (unpaired) electrons. The van der Waals surface area contributed by atoms with E-state index in [9.17, 15) is 4.79 Å². The van der Waals surface area contributed by atoms with E-state index < -0.39 is 0 Å². The molecule has 0 spiro atoms. The van der Waals surface area contributed by atoms with Crippen LogP contribution in [-0.2, 0) is 4.79 Å². The molecule has 1 fully saturated rings. The lowest BCUT2D eigenvalue weighted by molar-refractivity contribution is -0.121. The first-order chi connectivity index (χ1) is 12.8. The van der Waals surface area contributed by atoms with Crippen molar-refractivity contribution in [3.05, 3.63) is 59.7 Å². The van der Waals surface area contributed by atoms with Crippen LogP contribution in [0.4, 0.5) is 5.13 Å². The Bertz CT molecular complexity index is 843. The first-order valence-electron chi connectivity index (χ1n) is 8.48. The van der Waals surface area contributed by atoms with Gasteiger partial charge in [-0.2, -0.15) is 11.8 Å². The molecule has 0 bridgehead atoms. The second-order valence-electron chi connectivity index (χ2n) is 5.97. The van der Waals surface area contributed by atoms with Crippen molar-refractivity contribution in [1.29, 1.82) is 0 Å². The highest BCUT2D eigenvalue weighted by molar-refractivity contribution is 7.99. The molecule has 4 rings (SSSR count). The molecule has 0 aliphatic carbocycles. The number of amides is 1. The molecule has 5 nitrogen and oxygen atoms in total. The minimum Gasteiger partial charge on any atom is -0.463 e. The van der Waals surface area contributed by atoms with Gasteiger partial charge in [0.15, 0.2) is 10.9 Å². The van der Waals surface area contributed by atoms with Crippen LogP contribution in [0.3, 0.4) is 0 Å². The van der Waals surface area contributed by atoms with Gasteiger partial charge in [-0.05, 0) is 17.7 Å². The highest BCUT2D eigenvalue weighted by Gasteiger charge is 2.29. The van der Waals surface area contributed by atoms with Crippen LogP contribution in [0.15, 0.2) is 58.5 Å². The third-order valence-electron chi connectivity index (χ3n) is 4.28. The van der Waals surface area contributed by atoms with Crippen LogP contribution in [0, 0.1) is 0 Å². The van der Waals surface area contributed by atoms with Crippen LogP contribution in [0.5, 0.6) is 0 Å². The van der Waals surface area contributed by atoms with Gasteiger partial charge >= 0.3 is 0 Å². The molecule has 1 amide bonds. The highest BCUT2D eigenvalue weighted by atomic mass is 32.2. The molecule has 0 unspecified atom stereocenters. The van der Waals surface area contributed by atoms with E-state index in [2.05, 4.69) is 15.2 Å². The van der Waals surface area contributed by atoms with Gasteiger partial charge in [-0.3, -0.25) is 9.69 Å². The van der Waals surface area contributed by atoms with Gasteiger partial charge in [0.2, 0.25) is 5.91 Å². The van der Waals surface area contributed by atoms with Crippen molar-refractivity contribution < 1.29 is 9.21 Å². The van der Waals surface area contributed by atoms with Crippen molar-refractivity contribution in [1.82, 2.24) is 9.88 Å². The Balaban J connectivity index is 1.54. The summed E-state index contributed by atoms with van der Waals surface area (Å²) in [6.45, 7) is 1.82. The van der Waals surface area contributed by atoms with Crippen molar-refractivity contribution in [3.8, 4) is 11.5 Å². The number of carbonyl (C=O) groups excluding carboxylic acids is 1. The van der Waals surface area contributed by atoms with E-state index in [0.29, 0.717) is 10.9 Å². The van der Waals surface area contributed by atoms with E-state index in [4.69, 9.17) is 4.42 Å². The summed E-state index contributed by atoms with van der Waals surface area (Å²) in [5.74, 6) is 2.77. The number of benzene rings is 1. The Morgan fingerprint density at radius 2 is 1.96 bits per heavy atom. The average molecular weight is 386 g/mol. The topological polar surface area (TPSA) is 58.4 Å². The first kappa shape index (κ1) is 17.3. The lowest BCUT2D eigenvalue weighted by Gasteiger charge is -2.33. The van der Waals surface area contributed by atoms with Gasteiger partial charge in [-0.1, -0.05) is 30.3 Å². The van der Waals surface area contributed by atoms with E-state index in [1.165, 1.54) is 11.3 Å². The molecule has 1 aromatic carbocycles. The minimum absolute atomic E-state index is 0.0385. The van der Waals surface area contributed by atoms with Gasteiger partial charge in [-0.25, -0.2) is 4.98 Å². The normalized spacial score (nSPS) is 16.3. The van der Waals surface area contributed by atoms with Crippen LogP contribution < -0.4 is 5.32 Å². The van der Waals surface area contributed by atoms with Crippen molar-refractivity contribution in [2.75, 3.05) is 29.9 Å². The quantitative estimate of drug-likeness (QED) is 0.716. The Labute approximate surface area is 160 Å². The third kappa shape index (κ3) is 3.85. The average Bonchev–Trinajstić information content (AvgIpc) is 3.35. The van der Waals surface area contributed by atoms with Crippen LogP contribution in [0.2, 0.25) is 0 Å². The predicted octanol–water partition coefficient (Wildman–Crippen LogP) is 4.13. The molecule has 1 aliphatic heterocycles. The molecule has 7 heteroatoms. The smallest absolute Gasteiger partial charge is 0.248 e. The van der Waals surface area contributed by atoms with E-state index in [0.717, 1.165) is 35.9 Å². The molecule has 134 valence electrons. The van der Waals surface area contributed by atoms with E-state index in [1.54, 1.807) is 6.26 Å². The second-order valence-corrected chi connectivity index (χ2v) is 8.05. The zero-order valence-electron chi connectivity index (χ0n) is 14.1. The zero-order valence-corrected chi connectivity index (χ0v) is 15.8. The summed E-state index contributed by atoms with van der Waals surface area (Å²) in [6.07, 6.45) is 1.62. The Kier molecular flexibility index (Phi) is 5.38. The summed E-state index contributed by atoms with van der Waals surface area (Å²) < 4.78 is 5.37. The van der Waals surface area contributed by atoms with Crippen LogP contribution in [0.1, 0.15) is 11.6 Å². The number of carbonyl (C=O) groups is 1. The van der Waals surface area contributed by atoms with Crippen LogP contribution >= 0.6 is 23.1 Å². The molecular formula is C19H19N3O2S2. The van der Waals surface area contributed by atoms with E-state index in [1.807, 2.05) is 59.6 Å². The molecule has 26 heavy (non-hydrogen) atoms. The molecule has 1 N–H and O–H groups in total. The summed E-state index contributed by atoms with van der Waals surface area (Å²) >= 11 is 3.34. The number of aromatic nitrogens is 1. The molecule has 3 heterocycles. The largest absolute Gasteiger partial charge is 0.463 e. The predicted molar refractivity (Wildman–Crippen MR) is 107 cm³/mol. The lowest BCUT2D eigenvalue weighted by atomic mass is 10.0. The number of hydrogen-bond donors (Lipinski definition) is 1. The second kappa shape index (κ2) is 8.07. The number of furan rings is 1. The van der Waals surface area contributed by atoms with Crippen molar-refractivity contribution in [2.45, 2.75) is 6.04 Å². The van der Waals surface area contributed by atoms with E-state index >= 15 is 0 Å². The fraction of sp³-hybridized carbons (Fsp3) is 0.263. The molecule has 1 atom stereocenters. The number of thiazole rings is 1. The number of nitrogens with one attached hydrogen (secondary N) is 1. The standard InChI is InChI=1S/C19H19N3O2S2/c23-18(21-19-20-15(13-26-19)16-7-4-10-24-16)17(14-5-2-1-3-6-14)22-8-11-25-12-9-22/h1-7,10,13,17H,8-9,11-12H2,(H,20,21,23)/t17-/m1/s1. The molecule has 1 aliphatic rings. The zero-order chi connectivity index (χ0) is 17.8. The minimum atomic E-state index is -0.298. The lowest BCUT2D eigenvalue weighted by Crippen LogP contribution is -2.41. The maximum Gasteiger partial charge on any atom is 0.248 e. The fourth-order valence-corrected chi connectivity index (χ4v) is 4.68. The number of hydrogen-bond acceptors (Lipinski definition) is 6.